The lowest BCUT2D eigenvalue weighted by Gasteiger charge is -2.26. The van der Waals surface area contributed by atoms with Crippen LogP contribution in [0.25, 0.3) is 0 Å². The lowest BCUT2D eigenvalue weighted by molar-refractivity contribution is 0.0734. The molecule has 2 aliphatic rings. The standard InChI is InChI=1S/C18H19NO4S/c1-21-15-9-13(10-16-17(15)23-7-6-22-16)18(20)19-5-2-3-14(19)12-4-8-24-11-12/h4,8-11,14H,2-3,5-7H2,1H3/t14-/m1/s1. The van der Waals surface area contributed by atoms with Crippen molar-refractivity contribution in [3.8, 4) is 17.2 Å². The van der Waals surface area contributed by atoms with Crippen LogP contribution in [0.3, 0.4) is 0 Å². The Hall–Kier alpha value is -2.21. The average molecular weight is 345 g/mol. The van der Waals surface area contributed by atoms with Gasteiger partial charge in [0.15, 0.2) is 11.5 Å². The minimum absolute atomic E-state index is 0.0129. The molecule has 126 valence electrons. The number of thiophene rings is 1. The Morgan fingerprint density at radius 2 is 2.21 bits per heavy atom. The summed E-state index contributed by atoms with van der Waals surface area (Å²) in [6, 6.07) is 5.77. The highest BCUT2D eigenvalue weighted by Gasteiger charge is 2.32. The highest BCUT2D eigenvalue weighted by molar-refractivity contribution is 7.08. The Labute approximate surface area is 144 Å². The topological polar surface area (TPSA) is 48.0 Å². The third-order valence-corrected chi connectivity index (χ3v) is 5.22. The maximum Gasteiger partial charge on any atom is 0.254 e. The smallest absolute Gasteiger partial charge is 0.254 e. The van der Waals surface area contributed by atoms with Crippen molar-refractivity contribution < 1.29 is 19.0 Å². The molecule has 1 fully saturated rings. The number of amides is 1. The molecule has 24 heavy (non-hydrogen) atoms. The van der Waals surface area contributed by atoms with Crippen LogP contribution in [0.5, 0.6) is 17.2 Å². The highest BCUT2D eigenvalue weighted by atomic mass is 32.1. The minimum atomic E-state index is 0.0129. The molecule has 1 amide bonds. The summed E-state index contributed by atoms with van der Waals surface area (Å²) in [5.41, 5.74) is 1.80. The molecule has 0 bridgehead atoms. The van der Waals surface area contributed by atoms with Crippen molar-refractivity contribution >= 4 is 17.2 Å². The second kappa shape index (κ2) is 6.36. The van der Waals surface area contributed by atoms with Crippen LogP contribution < -0.4 is 14.2 Å². The fourth-order valence-electron chi connectivity index (χ4n) is 3.38. The maximum absolute atomic E-state index is 13.1. The van der Waals surface area contributed by atoms with Crippen molar-refractivity contribution in [2.75, 3.05) is 26.9 Å². The Morgan fingerprint density at radius 1 is 1.33 bits per heavy atom. The molecule has 2 aromatic rings. The number of carbonyl (C=O) groups is 1. The first kappa shape index (κ1) is 15.3. The van der Waals surface area contributed by atoms with Crippen LogP contribution >= 0.6 is 11.3 Å². The Kier molecular flexibility index (Phi) is 4.06. The largest absolute Gasteiger partial charge is 0.493 e. The van der Waals surface area contributed by atoms with Gasteiger partial charge in [-0.2, -0.15) is 11.3 Å². The number of benzene rings is 1. The van der Waals surface area contributed by atoms with Gasteiger partial charge in [-0.15, -0.1) is 0 Å². The number of likely N-dealkylation sites (tertiary alicyclic amines) is 1. The van der Waals surface area contributed by atoms with Crippen LogP contribution in [0.2, 0.25) is 0 Å². The van der Waals surface area contributed by atoms with E-state index >= 15 is 0 Å². The van der Waals surface area contributed by atoms with Crippen molar-refractivity contribution in [1.82, 2.24) is 4.90 Å². The normalized spacial score (nSPS) is 19.4. The van der Waals surface area contributed by atoms with Gasteiger partial charge in [-0.05, 0) is 47.4 Å². The molecule has 5 nitrogen and oxygen atoms in total. The van der Waals surface area contributed by atoms with Gasteiger partial charge in [-0.1, -0.05) is 0 Å². The number of rotatable bonds is 3. The number of methoxy groups -OCH3 is 1. The van der Waals surface area contributed by atoms with E-state index in [0.717, 1.165) is 19.4 Å². The molecule has 6 heteroatoms. The van der Waals surface area contributed by atoms with Gasteiger partial charge in [0.2, 0.25) is 5.75 Å². The quantitative estimate of drug-likeness (QED) is 0.854. The van der Waals surface area contributed by atoms with Crippen LogP contribution in [0, 0.1) is 0 Å². The summed E-state index contributed by atoms with van der Waals surface area (Å²) in [5.74, 6) is 1.71. The number of ether oxygens (including phenoxy) is 3. The molecule has 0 unspecified atom stereocenters. The van der Waals surface area contributed by atoms with Crippen molar-refractivity contribution in [2.45, 2.75) is 18.9 Å². The van der Waals surface area contributed by atoms with Crippen molar-refractivity contribution in [3.05, 3.63) is 40.1 Å². The molecule has 0 radical (unpaired) electrons. The maximum atomic E-state index is 13.1. The van der Waals surface area contributed by atoms with Gasteiger partial charge in [0.1, 0.15) is 13.2 Å². The van der Waals surface area contributed by atoms with E-state index in [1.807, 2.05) is 4.90 Å². The number of hydrogen-bond acceptors (Lipinski definition) is 5. The third-order valence-electron chi connectivity index (χ3n) is 4.52. The fraction of sp³-hybridized carbons (Fsp3) is 0.389. The van der Waals surface area contributed by atoms with Gasteiger partial charge < -0.3 is 19.1 Å². The van der Waals surface area contributed by atoms with Gasteiger partial charge in [0.25, 0.3) is 5.91 Å². The molecule has 0 aliphatic carbocycles. The van der Waals surface area contributed by atoms with Gasteiger partial charge in [-0.25, -0.2) is 0 Å². The lowest BCUT2D eigenvalue weighted by Crippen LogP contribution is -2.30. The predicted octanol–water partition coefficient (Wildman–Crippen LogP) is 3.51. The molecule has 3 heterocycles. The van der Waals surface area contributed by atoms with Gasteiger partial charge in [0, 0.05) is 12.1 Å². The molecule has 1 aromatic heterocycles. The van der Waals surface area contributed by atoms with E-state index in [0.29, 0.717) is 36.0 Å². The van der Waals surface area contributed by atoms with E-state index in [1.165, 1.54) is 5.56 Å². The van der Waals surface area contributed by atoms with Crippen molar-refractivity contribution in [3.63, 3.8) is 0 Å². The average Bonchev–Trinajstić information content (AvgIpc) is 3.30. The summed E-state index contributed by atoms with van der Waals surface area (Å²) in [6.45, 7) is 1.74. The molecule has 0 saturated carbocycles. The number of hydrogen-bond donors (Lipinski definition) is 0. The summed E-state index contributed by atoms with van der Waals surface area (Å²) >= 11 is 1.67. The first-order valence-corrected chi connectivity index (χ1v) is 9.03. The predicted molar refractivity (Wildman–Crippen MR) is 91.3 cm³/mol. The Balaban J connectivity index is 1.67. The lowest BCUT2D eigenvalue weighted by atomic mass is 10.1. The van der Waals surface area contributed by atoms with E-state index in [1.54, 1.807) is 30.6 Å². The molecule has 4 rings (SSSR count). The molecule has 1 atom stereocenters. The Morgan fingerprint density at radius 3 is 3.00 bits per heavy atom. The van der Waals surface area contributed by atoms with Crippen LogP contribution in [0.4, 0.5) is 0 Å². The summed E-state index contributed by atoms with van der Waals surface area (Å²) in [7, 11) is 1.58. The molecular formula is C18H19NO4S. The monoisotopic (exact) mass is 345 g/mol. The highest BCUT2D eigenvalue weighted by Crippen LogP contribution is 2.42. The molecule has 1 saturated heterocycles. The first-order valence-electron chi connectivity index (χ1n) is 8.08. The van der Waals surface area contributed by atoms with E-state index in [2.05, 4.69) is 16.8 Å². The molecule has 0 N–H and O–H groups in total. The SMILES string of the molecule is COc1cc(C(=O)N2CCC[C@@H]2c2ccsc2)cc2c1OCCO2. The van der Waals surface area contributed by atoms with Gasteiger partial charge in [0.05, 0.1) is 13.2 Å². The number of carbonyl (C=O) groups excluding carboxylic acids is 1. The minimum Gasteiger partial charge on any atom is -0.493 e. The fourth-order valence-corrected chi connectivity index (χ4v) is 4.09. The zero-order valence-corrected chi connectivity index (χ0v) is 14.3. The zero-order valence-electron chi connectivity index (χ0n) is 13.5. The van der Waals surface area contributed by atoms with Crippen LogP contribution in [0.1, 0.15) is 34.8 Å². The summed E-state index contributed by atoms with van der Waals surface area (Å²) in [6.07, 6.45) is 2.03. The molecule has 2 aliphatic heterocycles. The van der Waals surface area contributed by atoms with Crippen LogP contribution in [-0.2, 0) is 0 Å². The van der Waals surface area contributed by atoms with E-state index in [-0.39, 0.29) is 11.9 Å². The van der Waals surface area contributed by atoms with Crippen molar-refractivity contribution in [1.29, 1.82) is 0 Å². The third kappa shape index (κ3) is 2.60. The van der Waals surface area contributed by atoms with Gasteiger partial charge >= 0.3 is 0 Å². The van der Waals surface area contributed by atoms with Crippen LogP contribution in [-0.4, -0.2) is 37.7 Å². The number of fused-ring (bicyclic) bond motifs is 1. The van der Waals surface area contributed by atoms with Gasteiger partial charge in [-0.3, -0.25) is 4.79 Å². The van der Waals surface area contributed by atoms with E-state index in [4.69, 9.17) is 14.2 Å². The summed E-state index contributed by atoms with van der Waals surface area (Å²) in [4.78, 5) is 15.0. The Bertz CT molecular complexity index is 726. The summed E-state index contributed by atoms with van der Waals surface area (Å²) in [5, 5.41) is 4.18. The van der Waals surface area contributed by atoms with Crippen LogP contribution in [0.15, 0.2) is 29.0 Å². The second-order valence-corrected chi connectivity index (χ2v) is 6.70. The molecule has 1 aromatic carbocycles. The second-order valence-electron chi connectivity index (χ2n) is 5.92. The molecule has 0 spiro atoms. The molecular weight excluding hydrogens is 326 g/mol. The van der Waals surface area contributed by atoms with E-state index < -0.39 is 0 Å². The zero-order chi connectivity index (χ0) is 16.5. The van der Waals surface area contributed by atoms with Crippen molar-refractivity contribution in [2.24, 2.45) is 0 Å². The van der Waals surface area contributed by atoms with E-state index in [9.17, 15) is 4.79 Å². The summed E-state index contributed by atoms with van der Waals surface area (Å²) < 4.78 is 16.6. The first-order chi connectivity index (χ1) is 11.8. The number of nitrogens with zero attached hydrogens (tertiary/aromatic N) is 1.